The Hall–Kier alpha value is -1.06. The van der Waals surface area contributed by atoms with Gasteiger partial charge in [-0.2, -0.15) is 0 Å². The van der Waals surface area contributed by atoms with E-state index in [4.69, 9.17) is 9.47 Å². The molecule has 0 aliphatic rings. The van der Waals surface area contributed by atoms with E-state index in [2.05, 4.69) is 17.4 Å². The molecule has 17 heavy (non-hydrogen) atoms. The maximum absolute atomic E-state index is 5.43. The standard InChI is InChI=1S/C14H23NO2/c1-4-17-11-13(15-2)8-5-12-6-9-14(16-3)10-7-12/h6-7,9-10,13,15H,4-5,8,11H2,1-3H3. The topological polar surface area (TPSA) is 30.5 Å². The van der Waals surface area contributed by atoms with Crippen LogP contribution < -0.4 is 10.1 Å². The molecule has 0 saturated carbocycles. The number of methoxy groups -OCH3 is 1. The molecule has 0 bridgehead atoms. The van der Waals surface area contributed by atoms with Gasteiger partial charge in [-0.05, 0) is 44.5 Å². The van der Waals surface area contributed by atoms with Gasteiger partial charge in [0.05, 0.1) is 13.7 Å². The van der Waals surface area contributed by atoms with E-state index in [0.717, 1.165) is 31.8 Å². The monoisotopic (exact) mass is 237 g/mol. The molecule has 0 aromatic heterocycles. The summed E-state index contributed by atoms with van der Waals surface area (Å²) < 4.78 is 10.6. The largest absolute Gasteiger partial charge is 0.497 e. The van der Waals surface area contributed by atoms with Crippen LogP contribution >= 0.6 is 0 Å². The van der Waals surface area contributed by atoms with E-state index < -0.39 is 0 Å². The van der Waals surface area contributed by atoms with Crippen LogP contribution in [0.15, 0.2) is 24.3 Å². The average Bonchev–Trinajstić information content (AvgIpc) is 2.39. The number of benzene rings is 1. The molecule has 0 radical (unpaired) electrons. The predicted octanol–water partition coefficient (Wildman–Crippen LogP) is 2.25. The lowest BCUT2D eigenvalue weighted by molar-refractivity contribution is 0.122. The van der Waals surface area contributed by atoms with Gasteiger partial charge in [-0.25, -0.2) is 0 Å². The van der Waals surface area contributed by atoms with E-state index in [1.807, 2.05) is 26.1 Å². The van der Waals surface area contributed by atoms with Crippen LogP contribution in [0.4, 0.5) is 0 Å². The zero-order valence-electron chi connectivity index (χ0n) is 11.0. The summed E-state index contributed by atoms with van der Waals surface area (Å²) >= 11 is 0. The van der Waals surface area contributed by atoms with E-state index in [-0.39, 0.29) is 0 Å². The quantitative estimate of drug-likeness (QED) is 0.752. The van der Waals surface area contributed by atoms with Gasteiger partial charge >= 0.3 is 0 Å². The summed E-state index contributed by atoms with van der Waals surface area (Å²) in [6.07, 6.45) is 2.14. The highest BCUT2D eigenvalue weighted by Crippen LogP contribution is 2.13. The van der Waals surface area contributed by atoms with Crippen molar-refractivity contribution in [2.45, 2.75) is 25.8 Å². The Balaban J connectivity index is 2.36. The molecule has 1 N–H and O–H groups in total. The van der Waals surface area contributed by atoms with Crippen molar-refractivity contribution in [3.63, 3.8) is 0 Å². The number of hydrogen-bond acceptors (Lipinski definition) is 3. The van der Waals surface area contributed by atoms with Crippen LogP contribution in [0, 0.1) is 0 Å². The Kier molecular flexibility index (Phi) is 6.67. The van der Waals surface area contributed by atoms with Crippen LogP contribution in [0.25, 0.3) is 0 Å². The van der Waals surface area contributed by atoms with Crippen LogP contribution in [0.1, 0.15) is 18.9 Å². The number of hydrogen-bond donors (Lipinski definition) is 1. The lowest BCUT2D eigenvalue weighted by Crippen LogP contribution is -2.30. The third-order valence-corrected chi connectivity index (χ3v) is 2.87. The lowest BCUT2D eigenvalue weighted by Gasteiger charge is -2.15. The summed E-state index contributed by atoms with van der Waals surface area (Å²) in [7, 11) is 3.67. The second-order valence-electron chi connectivity index (χ2n) is 4.03. The highest BCUT2D eigenvalue weighted by Gasteiger charge is 2.06. The zero-order chi connectivity index (χ0) is 12.5. The fraction of sp³-hybridized carbons (Fsp3) is 0.571. The molecule has 96 valence electrons. The Morgan fingerprint density at radius 1 is 1.24 bits per heavy atom. The highest BCUT2D eigenvalue weighted by molar-refractivity contribution is 5.27. The van der Waals surface area contributed by atoms with Crippen LogP contribution in [-0.4, -0.2) is 33.4 Å². The van der Waals surface area contributed by atoms with E-state index in [9.17, 15) is 0 Å². The lowest BCUT2D eigenvalue weighted by atomic mass is 10.1. The van der Waals surface area contributed by atoms with Crippen molar-refractivity contribution in [1.82, 2.24) is 5.32 Å². The minimum Gasteiger partial charge on any atom is -0.497 e. The predicted molar refractivity (Wildman–Crippen MR) is 70.7 cm³/mol. The molecular formula is C14H23NO2. The summed E-state index contributed by atoms with van der Waals surface area (Å²) in [5.41, 5.74) is 1.34. The molecule has 3 heteroatoms. The number of ether oxygens (including phenoxy) is 2. The molecule has 0 aliphatic carbocycles. The molecule has 0 heterocycles. The van der Waals surface area contributed by atoms with Gasteiger partial charge in [-0.15, -0.1) is 0 Å². The number of aryl methyl sites for hydroxylation is 1. The first-order valence-electron chi connectivity index (χ1n) is 6.18. The summed E-state index contributed by atoms with van der Waals surface area (Å²) in [6, 6.07) is 8.67. The highest BCUT2D eigenvalue weighted by atomic mass is 16.5. The first-order valence-corrected chi connectivity index (χ1v) is 6.18. The van der Waals surface area contributed by atoms with Crippen molar-refractivity contribution in [3.8, 4) is 5.75 Å². The maximum atomic E-state index is 5.43. The van der Waals surface area contributed by atoms with Crippen LogP contribution in [0.3, 0.4) is 0 Å². The van der Waals surface area contributed by atoms with Crippen molar-refractivity contribution in [2.24, 2.45) is 0 Å². The maximum Gasteiger partial charge on any atom is 0.118 e. The van der Waals surface area contributed by atoms with Crippen molar-refractivity contribution < 1.29 is 9.47 Å². The van der Waals surface area contributed by atoms with Gasteiger partial charge in [0, 0.05) is 12.6 Å². The van der Waals surface area contributed by atoms with E-state index >= 15 is 0 Å². The summed E-state index contributed by atoms with van der Waals surface area (Å²) in [5, 5.41) is 3.28. The fourth-order valence-corrected chi connectivity index (χ4v) is 1.70. The SMILES string of the molecule is CCOCC(CCc1ccc(OC)cc1)NC. The first-order chi connectivity index (χ1) is 8.30. The van der Waals surface area contributed by atoms with Gasteiger partial charge in [0.2, 0.25) is 0 Å². The first kappa shape index (κ1) is 14.0. The van der Waals surface area contributed by atoms with Crippen LogP contribution in [-0.2, 0) is 11.2 Å². The fourth-order valence-electron chi connectivity index (χ4n) is 1.70. The summed E-state index contributed by atoms with van der Waals surface area (Å²) in [4.78, 5) is 0. The minimum absolute atomic E-state index is 0.428. The number of nitrogens with one attached hydrogen (secondary N) is 1. The minimum atomic E-state index is 0.428. The zero-order valence-corrected chi connectivity index (χ0v) is 11.0. The Morgan fingerprint density at radius 3 is 2.47 bits per heavy atom. The molecule has 1 rings (SSSR count). The van der Waals surface area contributed by atoms with Crippen molar-refractivity contribution in [1.29, 1.82) is 0 Å². The second kappa shape index (κ2) is 8.09. The number of rotatable bonds is 8. The number of likely N-dealkylation sites (N-methyl/N-ethyl adjacent to an activating group) is 1. The smallest absolute Gasteiger partial charge is 0.118 e. The molecule has 0 fully saturated rings. The molecule has 0 spiro atoms. The second-order valence-corrected chi connectivity index (χ2v) is 4.03. The summed E-state index contributed by atoms with van der Waals surface area (Å²) in [5.74, 6) is 0.910. The molecule has 1 aromatic carbocycles. The van der Waals surface area contributed by atoms with Gasteiger partial charge in [0.25, 0.3) is 0 Å². The Bertz CT molecular complexity index is 298. The van der Waals surface area contributed by atoms with E-state index in [1.165, 1.54) is 5.56 Å². The molecule has 0 saturated heterocycles. The average molecular weight is 237 g/mol. The molecular weight excluding hydrogens is 214 g/mol. The Labute approximate surface area is 104 Å². The molecule has 1 aromatic rings. The van der Waals surface area contributed by atoms with Crippen LogP contribution in [0.2, 0.25) is 0 Å². The molecule has 0 aliphatic heterocycles. The molecule has 3 nitrogen and oxygen atoms in total. The molecule has 1 unspecified atom stereocenters. The molecule has 1 atom stereocenters. The van der Waals surface area contributed by atoms with E-state index in [1.54, 1.807) is 7.11 Å². The van der Waals surface area contributed by atoms with Gasteiger partial charge in [-0.1, -0.05) is 12.1 Å². The molecule has 0 amide bonds. The van der Waals surface area contributed by atoms with Gasteiger partial charge in [0.15, 0.2) is 0 Å². The van der Waals surface area contributed by atoms with Gasteiger partial charge < -0.3 is 14.8 Å². The van der Waals surface area contributed by atoms with E-state index in [0.29, 0.717) is 6.04 Å². The third-order valence-electron chi connectivity index (χ3n) is 2.87. The van der Waals surface area contributed by atoms with Crippen molar-refractivity contribution >= 4 is 0 Å². The van der Waals surface area contributed by atoms with Crippen molar-refractivity contribution in [3.05, 3.63) is 29.8 Å². The normalized spacial score (nSPS) is 12.4. The Morgan fingerprint density at radius 2 is 1.94 bits per heavy atom. The van der Waals surface area contributed by atoms with Crippen LogP contribution in [0.5, 0.6) is 5.75 Å². The van der Waals surface area contributed by atoms with Gasteiger partial charge in [0.1, 0.15) is 5.75 Å². The summed E-state index contributed by atoms with van der Waals surface area (Å²) in [6.45, 7) is 3.58. The third kappa shape index (κ3) is 5.20. The van der Waals surface area contributed by atoms with Crippen molar-refractivity contribution in [2.75, 3.05) is 27.4 Å². The van der Waals surface area contributed by atoms with Gasteiger partial charge in [-0.3, -0.25) is 0 Å².